The Hall–Kier alpha value is -3.12. The van der Waals surface area contributed by atoms with Crippen molar-refractivity contribution in [3.05, 3.63) is 107 Å². The lowest BCUT2D eigenvalue weighted by Crippen LogP contribution is -2.39. The molecule has 2 fully saturated rings. The highest BCUT2D eigenvalue weighted by molar-refractivity contribution is 5.57. The molecule has 0 radical (unpaired) electrons. The molecule has 1 saturated carbocycles. The van der Waals surface area contributed by atoms with Crippen LogP contribution in [0.1, 0.15) is 54.4 Å². The minimum atomic E-state index is -1.12. The Bertz CT molecular complexity index is 1300. The van der Waals surface area contributed by atoms with E-state index in [0.29, 0.717) is 18.4 Å². The highest BCUT2D eigenvalue weighted by atomic mass is 16.7. The van der Waals surface area contributed by atoms with E-state index >= 15 is 0 Å². The van der Waals surface area contributed by atoms with E-state index in [9.17, 15) is 5.11 Å². The first kappa shape index (κ1) is 27.1. The van der Waals surface area contributed by atoms with Gasteiger partial charge in [-0.3, -0.25) is 0 Å². The van der Waals surface area contributed by atoms with Gasteiger partial charge in [0.15, 0.2) is 6.29 Å². The number of methoxy groups -OCH3 is 2. The van der Waals surface area contributed by atoms with E-state index in [1.165, 1.54) is 18.5 Å². The summed E-state index contributed by atoms with van der Waals surface area (Å²) in [7, 11) is 3.44. The average Bonchev–Trinajstić information content (AvgIpc) is 3.83. The Morgan fingerprint density at radius 1 is 0.900 bits per heavy atom. The number of anilines is 1. The number of fused-ring (bicyclic) bond motifs is 1. The van der Waals surface area contributed by atoms with Crippen LogP contribution in [0.3, 0.4) is 0 Å². The largest absolute Gasteiger partial charge is 0.489 e. The Morgan fingerprint density at radius 2 is 1.62 bits per heavy atom. The molecule has 1 heterocycles. The number of ether oxygens (including phenoxy) is 3. The molecule has 1 N–H and O–H groups in total. The fraction of sp³-hybridized carbons (Fsp3) is 0.429. The maximum absolute atomic E-state index is 12.5. The Morgan fingerprint density at radius 3 is 2.30 bits per heavy atom. The number of allylic oxidation sites excluding steroid dienone is 1. The molecule has 0 amide bonds. The molecule has 3 aliphatic rings. The molecule has 1 aliphatic heterocycles. The number of hydrogen-bond donors (Lipinski definition) is 1. The third-order valence-electron chi connectivity index (χ3n) is 8.94. The second-order valence-corrected chi connectivity index (χ2v) is 11.5. The van der Waals surface area contributed by atoms with Crippen LogP contribution in [-0.4, -0.2) is 38.7 Å². The van der Waals surface area contributed by atoms with E-state index in [1.54, 1.807) is 14.2 Å². The predicted octanol–water partition coefficient (Wildman–Crippen LogP) is 6.62. The van der Waals surface area contributed by atoms with Crippen LogP contribution in [0.4, 0.5) is 5.69 Å². The van der Waals surface area contributed by atoms with E-state index in [0.717, 1.165) is 72.3 Å². The lowest BCUT2D eigenvalue weighted by molar-refractivity contribution is -0.141. The van der Waals surface area contributed by atoms with Crippen molar-refractivity contribution in [3.8, 4) is 5.75 Å². The van der Waals surface area contributed by atoms with Crippen LogP contribution in [0, 0.1) is 11.8 Å². The van der Waals surface area contributed by atoms with Gasteiger partial charge < -0.3 is 24.2 Å². The highest BCUT2D eigenvalue weighted by Gasteiger charge is 2.41. The third kappa shape index (κ3) is 5.56. The molecule has 1 saturated heterocycles. The molecule has 5 nitrogen and oxygen atoms in total. The van der Waals surface area contributed by atoms with Gasteiger partial charge in [0.25, 0.3) is 0 Å². The SMILES string of the molecule is COC(OC)C1CCN(c2ccc(C3(O)C(=CC4CC4)CCc4cc(OCc5ccccc5)ccc43)cc2)CC1. The van der Waals surface area contributed by atoms with Crippen LogP contribution >= 0.6 is 0 Å². The number of piperidine rings is 1. The van der Waals surface area contributed by atoms with Crippen LogP contribution in [0.15, 0.2) is 84.4 Å². The highest BCUT2D eigenvalue weighted by Crippen LogP contribution is 2.47. The Balaban J connectivity index is 1.23. The summed E-state index contributed by atoms with van der Waals surface area (Å²) in [6, 6.07) is 25.1. The van der Waals surface area contributed by atoms with E-state index in [2.05, 4.69) is 59.5 Å². The molecule has 3 aromatic carbocycles. The van der Waals surface area contributed by atoms with Crippen molar-refractivity contribution in [1.29, 1.82) is 0 Å². The maximum atomic E-state index is 12.5. The Labute approximate surface area is 238 Å². The minimum Gasteiger partial charge on any atom is -0.489 e. The van der Waals surface area contributed by atoms with Gasteiger partial charge in [0.1, 0.15) is 18.0 Å². The van der Waals surface area contributed by atoms with Gasteiger partial charge in [0, 0.05) is 38.9 Å². The number of hydrogen-bond acceptors (Lipinski definition) is 5. The molecule has 5 heteroatoms. The van der Waals surface area contributed by atoms with Gasteiger partial charge in [-0.2, -0.15) is 0 Å². The van der Waals surface area contributed by atoms with Gasteiger partial charge in [0.05, 0.1) is 0 Å². The molecule has 0 spiro atoms. The number of aliphatic hydroxyl groups is 1. The molecule has 0 bridgehead atoms. The number of benzene rings is 3. The molecular formula is C35H41NO4. The van der Waals surface area contributed by atoms with Crippen molar-refractivity contribution in [2.45, 2.75) is 57.0 Å². The van der Waals surface area contributed by atoms with E-state index in [1.807, 2.05) is 24.3 Å². The van der Waals surface area contributed by atoms with Gasteiger partial charge in [-0.05, 0) is 96.5 Å². The van der Waals surface area contributed by atoms with Gasteiger partial charge in [0.2, 0.25) is 0 Å². The summed E-state index contributed by atoms with van der Waals surface area (Å²) in [4.78, 5) is 2.43. The van der Waals surface area contributed by atoms with Crippen LogP contribution in [-0.2, 0) is 28.1 Å². The van der Waals surface area contributed by atoms with Crippen LogP contribution < -0.4 is 9.64 Å². The first-order chi connectivity index (χ1) is 19.6. The molecule has 3 aromatic rings. The van der Waals surface area contributed by atoms with Crippen molar-refractivity contribution in [2.24, 2.45) is 11.8 Å². The first-order valence-corrected chi connectivity index (χ1v) is 14.7. The average molecular weight is 540 g/mol. The maximum Gasteiger partial charge on any atom is 0.159 e. The first-order valence-electron chi connectivity index (χ1n) is 14.7. The van der Waals surface area contributed by atoms with Gasteiger partial charge in [-0.25, -0.2) is 0 Å². The second kappa shape index (κ2) is 11.8. The minimum absolute atomic E-state index is 0.133. The molecule has 210 valence electrons. The summed E-state index contributed by atoms with van der Waals surface area (Å²) in [6.07, 6.45) is 8.51. The van der Waals surface area contributed by atoms with Gasteiger partial charge >= 0.3 is 0 Å². The fourth-order valence-corrected chi connectivity index (χ4v) is 6.50. The van der Waals surface area contributed by atoms with E-state index < -0.39 is 5.60 Å². The summed E-state index contributed by atoms with van der Waals surface area (Å²) in [5.74, 6) is 1.87. The summed E-state index contributed by atoms with van der Waals surface area (Å²) in [5, 5.41) is 12.5. The van der Waals surface area contributed by atoms with Gasteiger partial charge in [-0.15, -0.1) is 0 Å². The molecule has 6 rings (SSSR count). The summed E-state index contributed by atoms with van der Waals surface area (Å²) < 4.78 is 17.1. The number of rotatable bonds is 9. The smallest absolute Gasteiger partial charge is 0.159 e. The Kier molecular flexibility index (Phi) is 7.97. The van der Waals surface area contributed by atoms with Crippen molar-refractivity contribution >= 4 is 5.69 Å². The molecule has 1 unspecified atom stereocenters. The molecule has 2 aliphatic carbocycles. The zero-order valence-electron chi connectivity index (χ0n) is 23.7. The van der Waals surface area contributed by atoms with E-state index in [-0.39, 0.29) is 6.29 Å². The topological polar surface area (TPSA) is 51.2 Å². The van der Waals surface area contributed by atoms with Gasteiger partial charge in [-0.1, -0.05) is 54.6 Å². The second-order valence-electron chi connectivity index (χ2n) is 11.5. The zero-order valence-corrected chi connectivity index (χ0v) is 23.7. The number of aryl methyl sites for hydroxylation is 1. The fourth-order valence-electron chi connectivity index (χ4n) is 6.50. The van der Waals surface area contributed by atoms with Crippen molar-refractivity contribution in [1.82, 2.24) is 0 Å². The van der Waals surface area contributed by atoms with Crippen LogP contribution in [0.25, 0.3) is 0 Å². The van der Waals surface area contributed by atoms with E-state index in [4.69, 9.17) is 14.2 Å². The third-order valence-corrected chi connectivity index (χ3v) is 8.94. The van der Waals surface area contributed by atoms with Crippen molar-refractivity contribution in [2.75, 3.05) is 32.2 Å². The summed E-state index contributed by atoms with van der Waals surface area (Å²) >= 11 is 0. The molecule has 1 atom stereocenters. The predicted molar refractivity (Wildman–Crippen MR) is 159 cm³/mol. The van der Waals surface area contributed by atoms with Crippen LogP contribution in [0.2, 0.25) is 0 Å². The molecule has 0 aromatic heterocycles. The molecular weight excluding hydrogens is 498 g/mol. The lowest BCUT2D eigenvalue weighted by atomic mass is 9.71. The lowest BCUT2D eigenvalue weighted by Gasteiger charge is -2.39. The quantitative estimate of drug-likeness (QED) is 0.245. The van der Waals surface area contributed by atoms with Crippen molar-refractivity contribution in [3.63, 3.8) is 0 Å². The summed E-state index contributed by atoms with van der Waals surface area (Å²) in [5.41, 5.74) is 5.45. The number of nitrogens with zero attached hydrogens (tertiary/aromatic N) is 1. The van der Waals surface area contributed by atoms with Crippen LogP contribution in [0.5, 0.6) is 5.75 Å². The summed E-state index contributed by atoms with van der Waals surface area (Å²) in [6.45, 7) is 2.48. The standard InChI is InChI=1S/C35H41NO4/c1-38-34(39-2)27-18-20-36(21-19-27)31-14-12-29(13-15-31)35(37)30(22-25-8-9-25)11-10-28-23-32(16-17-33(28)35)40-24-26-6-4-3-5-7-26/h3-7,12-17,22-23,25,27,34,37H,8-11,18-21,24H2,1-2H3. The normalized spacial score (nSPS) is 22.5. The zero-order chi connectivity index (χ0) is 27.5. The molecule has 40 heavy (non-hydrogen) atoms. The van der Waals surface area contributed by atoms with Crippen molar-refractivity contribution < 1.29 is 19.3 Å². The monoisotopic (exact) mass is 539 g/mol.